The van der Waals surface area contributed by atoms with E-state index >= 15 is 0 Å². The molecule has 2 heterocycles. The third kappa shape index (κ3) is 4.57. The summed E-state index contributed by atoms with van der Waals surface area (Å²) < 4.78 is 15.4. The Hall–Kier alpha value is -4.66. The van der Waals surface area contributed by atoms with Crippen LogP contribution in [0.4, 0.5) is 4.39 Å². The van der Waals surface area contributed by atoms with Crippen LogP contribution < -0.4 is 11.1 Å². The van der Waals surface area contributed by atoms with Gasteiger partial charge in [0.25, 0.3) is 11.8 Å². The predicted molar refractivity (Wildman–Crippen MR) is 148 cm³/mol. The van der Waals surface area contributed by atoms with E-state index in [4.69, 9.17) is 5.73 Å². The first-order chi connectivity index (χ1) is 19.3. The SMILES string of the molecule is C[C@]12Cc3cnn(-c4ccc(F)cc4)c3C=C1CC[C@@H]2CC(NC(=O)c1nccnc1C(N)=O)c1ccccc1. The molecule has 4 aromatic rings. The average Bonchev–Trinajstić information content (AvgIpc) is 3.51. The van der Waals surface area contributed by atoms with E-state index in [1.165, 1.54) is 30.1 Å². The molecule has 8 nitrogen and oxygen atoms in total. The molecule has 202 valence electrons. The maximum atomic E-state index is 13.5. The van der Waals surface area contributed by atoms with Crippen LogP contribution in [-0.4, -0.2) is 31.6 Å². The minimum absolute atomic E-state index is 0.0790. The minimum atomic E-state index is -0.799. The van der Waals surface area contributed by atoms with Crippen LogP contribution in [0.25, 0.3) is 11.8 Å². The average molecular weight is 537 g/mol. The lowest BCUT2D eigenvalue weighted by Crippen LogP contribution is -2.36. The van der Waals surface area contributed by atoms with Gasteiger partial charge in [-0.05, 0) is 78.5 Å². The third-order valence-electron chi connectivity index (χ3n) is 8.40. The van der Waals surface area contributed by atoms with Crippen molar-refractivity contribution in [2.45, 2.75) is 38.6 Å². The molecule has 2 aromatic carbocycles. The van der Waals surface area contributed by atoms with Crippen molar-refractivity contribution in [3.8, 4) is 5.69 Å². The molecule has 2 amide bonds. The number of benzene rings is 2. The molecule has 3 atom stereocenters. The Balaban J connectivity index is 1.28. The summed E-state index contributed by atoms with van der Waals surface area (Å²) in [7, 11) is 0. The van der Waals surface area contributed by atoms with Crippen molar-refractivity contribution < 1.29 is 14.0 Å². The number of carbonyl (C=O) groups is 2. The smallest absolute Gasteiger partial charge is 0.272 e. The van der Waals surface area contributed by atoms with Gasteiger partial charge >= 0.3 is 0 Å². The second-order valence-electron chi connectivity index (χ2n) is 10.7. The minimum Gasteiger partial charge on any atom is -0.364 e. The molecule has 0 radical (unpaired) electrons. The van der Waals surface area contributed by atoms with Crippen LogP contribution in [0.5, 0.6) is 0 Å². The van der Waals surface area contributed by atoms with Crippen LogP contribution in [0.1, 0.15) is 70.0 Å². The fourth-order valence-corrected chi connectivity index (χ4v) is 6.26. The molecule has 6 rings (SSSR count). The number of hydrogen-bond acceptors (Lipinski definition) is 5. The van der Waals surface area contributed by atoms with Crippen LogP contribution in [0.3, 0.4) is 0 Å². The van der Waals surface area contributed by atoms with Gasteiger partial charge in [-0.15, -0.1) is 0 Å². The van der Waals surface area contributed by atoms with Gasteiger partial charge in [0.2, 0.25) is 0 Å². The number of rotatable bonds is 7. The van der Waals surface area contributed by atoms with Crippen molar-refractivity contribution in [2.24, 2.45) is 17.1 Å². The van der Waals surface area contributed by atoms with E-state index in [0.717, 1.165) is 41.8 Å². The van der Waals surface area contributed by atoms with Gasteiger partial charge in [0.05, 0.1) is 23.6 Å². The molecule has 0 bridgehead atoms. The maximum Gasteiger partial charge on any atom is 0.272 e. The van der Waals surface area contributed by atoms with Gasteiger partial charge in [0, 0.05) is 12.4 Å². The number of primary amides is 1. The fourth-order valence-electron chi connectivity index (χ4n) is 6.26. The molecule has 0 saturated heterocycles. The first-order valence-electron chi connectivity index (χ1n) is 13.3. The number of aromatic nitrogens is 4. The number of nitrogens with zero attached hydrogens (tertiary/aromatic N) is 4. The van der Waals surface area contributed by atoms with Gasteiger partial charge in [-0.25, -0.2) is 19.0 Å². The van der Waals surface area contributed by atoms with Crippen LogP contribution in [0.15, 0.2) is 78.8 Å². The third-order valence-corrected chi connectivity index (χ3v) is 8.40. The molecule has 1 saturated carbocycles. The van der Waals surface area contributed by atoms with Crippen molar-refractivity contribution in [1.82, 2.24) is 25.1 Å². The standard InChI is InChI=1S/C31H29FN6O2/c1-31-17-20-18-36-38(24-11-9-23(32)10-12-24)26(20)16-22(31)8-7-21(31)15-25(19-5-3-2-4-6-19)37-30(40)28-27(29(33)39)34-13-14-35-28/h2-6,9-14,16,18,21,25H,7-8,15,17H2,1H3,(H2,33,39)(H,37,40)/t21-,25?,31-/m1/s1. The van der Waals surface area contributed by atoms with Gasteiger partial charge in [0.15, 0.2) is 11.4 Å². The molecule has 9 heteroatoms. The van der Waals surface area contributed by atoms with Gasteiger partial charge < -0.3 is 11.1 Å². The Bertz CT molecular complexity index is 1610. The molecular weight excluding hydrogens is 507 g/mol. The first-order valence-corrected chi connectivity index (χ1v) is 13.3. The quantitative estimate of drug-likeness (QED) is 0.351. The van der Waals surface area contributed by atoms with Gasteiger partial charge in [0.1, 0.15) is 5.82 Å². The highest BCUT2D eigenvalue weighted by molar-refractivity contribution is 6.04. The van der Waals surface area contributed by atoms with E-state index in [0.29, 0.717) is 6.42 Å². The number of nitrogens with one attached hydrogen (secondary N) is 1. The van der Waals surface area contributed by atoms with E-state index in [9.17, 15) is 14.0 Å². The lowest BCUT2D eigenvalue weighted by atomic mass is 9.68. The molecule has 0 aliphatic heterocycles. The number of nitrogens with two attached hydrogens (primary N) is 1. The van der Waals surface area contributed by atoms with E-state index in [2.05, 4.69) is 33.4 Å². The molecule has 1 unspecified atom stereocenters. The Morgan fingerprint density at radius 3 is 2.55 bits per heavy atom. The van der Waals surface area contributed by atoms with Crippen LogP contribution in [0.2, 0.25) is 0 Å². The van der Waals surface area contributed by atoms with E-state index in [1.54, 1.807) is 12.1 Å². The number of amides is 2. The van der Waals surface area contributed by atoms with Crippen molar-refractivity contribution in [3.05, 3.63) is 113 Å². The summed E-state index contributed by atoms with van der Waals surface area (Å²) in [4.78, 5) is 33.3. The molecule has 2 aromatic heterocycles. The number of carbonyl (C=O) groups excluding carboxylic acids is 2. The Morgan fingerprint density at radius 2 is 1.82 bits per heavy atom. The number of fused-ring (bicyclic) bond motifs is 2. The number of hydrogen-bond donors (Lipinski definition) is 2. The van der Waals surface area contributed by atoms with Crippen molar-refractivity contribution >= 4 is 17.9 Å². The van der Waals surface area contributed by atoms with E-state index in [-0.39, 0.29) is 34.6 Å². The Kier molecular flexibility index (Phi) is 6.50. The molecule has 2 aliphatic carbocycles. The summed E-state index contributed by atoms with van der Waals surface area (Å²) in [6.45, 7) is 2.30. The molecule has 0 spiro atoms. The molecule has 1 fully saturated rings. The summed E-state index contributed by atoms with van der Waals surface area (Å²) in [6.07, 6.45) is 10.3. The maximum absolute atomic E-state index is 13.5. The summed E-state index contributed by atoms with van der Waals surface area (Å²) in [6, 6.07) is 15.9. The molecule has 2 aliphatic rings. The normalized spacial score (nSPS) is 20.2. The number of allylic oxidation sites excluding steroid dienone is 1. The monoisotopic (exact) mass is 536 g/mol. The predicted octanol–water partition coefficient (Wildman–Crippen LogP) is 4.82. The van der Waals surface area contributed by atoms with Crippen LogP contribution in [-0.2, 0) is 6.42 Å². The number of halogens is 1. The van der Waals surface area contributed by atoms with E-state index < -0.39 is 11.8 Å². The largest absolute Gasteiger partial charge is 0.364 e. The zero-order chi connectivity index (χ0) is 27.9. The highest BCUT2D eigenvalue weighted by Crippen LogP contribution is 2.55. The summed E-state index contributed by atoms with van der Waals surface area (Å²) >= 11 is 0. The Labute approximate surface area is 231 Å². The van der Waals surface area contributed by atoms with Crippen molar-refractivity contribution in [1.29, 1.82) is 0 Å². The van der Waals surface area contributed by atoms with Gasteiger partial charge in [-0.3, -0.25) is 9.59 Å². The summed E-state index contributed by atoms with van der Waals surface area (Å²) in [5, 5.41) is 7.75. The Morgan fingerprint density at radius 1 is 1.10 bits per heavy atom. The van der Waals surface area contributed by atoms with Crippen LogP contribution in [0, 0.1) is 17.2 Å². The zero-order valence-corrected chi connectivity index (χ0v) is 22.0. The highest BCUT2D eigenvalue weighted by Gasteiger charge is 2.46. The van der Waals surface area contributed by atoms with Crippen molar-refractivity contribution in [2.75, 3.05) is 0 Å². The topological polar surface area (TPSA) is 116 Å². The van der Waals surface area contributed by atoms with Gasteiger partial charge in [-0.2, -0.15) is 5.10 Å². The first kappa shape index (κ1) is 25.6. The molecule has 40 heavy (non-hydrogen) atoms. The van der Waals surface area contributed by atoms with Crippen LogP contribution >= 0.6 is 0 Å². The lowest BCUT2D eigenvalue weighted by Gasteiger charge is -2.37. The molecule has 3 N–H and O–H groups in total. The zero-order valence-electron chi connectivity index (χ0n) is 22.0. The summed E-state index contributed by atoms with van der Waals surface area (Å²) in [5.74, 6) is -1.28. The van der Waals surface area contributed by atoms with Crippen molar-refractivity contribution in [3.63, 3.8) is 0 Å². The fraction of sp³-hybridized carbons (Fsp3) is 0.258. The lowest BCUT2D eigenvalue weighted by molar-refractivity contribution is 0.0903. The second-order valence-corrected chi connectivity index (χ2v) is 10.7. The molecular formula is C31H29FN6O2. The van der Waals surface area contributed by atoms with E-state index in [1.807, 2.05) is 41.2 Å². The van der Waals surface area contributed by atoms with Gasteiger partial charge in [-0.1, -0.05) is 42.8 Å². The summed E-state index contributed by atoms with van der Waals surface area (Å²) in [5.41, 5.74) is 10.5. The highest BCUT2D eigenvalue weighted by atomic mass is 19.1. The second kappa shape index (κ2) is 10.1.